The highest BCUT2D eigenvalue weighted by molar-refractivity contribution is 5.94. The minimum atomic E-state index is -1.09. The number of piperidine rings is 1. The number of carbonyl (C=O) groups is 1. The summed E-state index contributed by atoms with van der Waals surface area (Å²) in [6.07, 6.45) is 2.64. The van der Waals surface area contributed by atoms with E-state index in [1.807, 2.05) is 30.5 Å². The van der Waals surface area contributed by atoms with Gasteiger partial charge in [-0.2, -0.15) is 5.26 Å². The molecule has 2 saturated heterocycles. The van der Waals surface area contributed by atoms with E-state index in [0.717, 1.165) is 42.4 Å². The number of nitriles is 1. The number of rotatable bonds is 5. The van der Waals surface area contributed by atoms with Gasteiger partial charge in [0.05, 0.1) is 26.3 Å². The van der Waals surface area contributed by atoms with E-state index in [0.29, 0.717) is 11.9 Å². The zero-order valence-electron chi connectivity index (χ0n) is 17.1. The summed E-state index contributed by atoms with van der Waals surface area (Å²) in [4.78, 5) is 20.3. The van der Waals surface area contributed by atoms with Crippen molar-refractivity contribution in [2.45, 2.75) is 37.5 Å². The number of ether oxygens (including phenoxy) is 1. The molecule has 2 atom stereocenters. The van der Waals surface area contributed by atoms with Crippen LogP contribution in [0.15, 0.2) is 30.5 Å². The van der Waals surface area contributed by atoms with Gasteiger partial charge in [-0.05, 0) is 18.9 Å². The lowest BCUT2D eigenvalue weighted by Crippen LogP contribution is -2.46. The van der Waals surface area contributed by atoms with E-state index in [1.54, 1.807) is 7.11 Å². The van der Waals surface area contributed by atoms with Gasteiger partial charge in [0, 0.05) is 54.3 Å². The van der Waals surface area contributed by atoms with Crippen LogP contribution in [0.25, 0.3) is 10.8 Å². The van der Waals surface area contributed by atoms with Gasteiger partial charge < -0.3 is 15.0 Å². The summed E-state index contributed by atoms with van der Waals surface area (Å²) in [5.41, 5.74) is 1.05. The fourth-order valence-corrected chi connectivity index (χ4v) is 4.31. The van der Waals surface area contributed by atoms with Gasteiger partial charge in [-0.1, -0.05) is 12.1 Å². The number of hydrogen-bond donors (Lipinski definition) is 1. The Labute approximate surface area is 175 Å². The van der Waals surface area contributed by atoms with E-state index in [1.165, 1.54) is 4.90 Å². The third-order valence-corrected chi connectivity index (χ3v) is 5.97. The standard InChI is InChI=1S/C22H26FN5O2/c1-30-21-10-19-15(12-25-21)3-2-4-20(19)26-17-5-7-27(8-6-17)14-22(29)28-13-16(23)9-18(28)11-24/h2-4,10,12,16-18,26H,5-9,13-14H2,1H3/t16-,18-/m0/s1. The molecule has 0 bridgehead atoms. The molecule has 158 valence electrons. The summed E-state index contributed by atoms with van der Waals surface area (Å²) in [5.74, 6) is 0.431. The first kappa shape index (κ1) is 20.4. The van der Waals surface area contributed by atoms with Crippen LogP contribution in [0.2, 0.25) is 0 Å². The second kappa shape index (κ2) is 8.84. The van der Waals surface area contributed by atoms with E-state index < -0.39 is 12.2 Å². The summed E-state index contributed by atoms with van der Waals surface area (Å²) in [5, 5.41) is 14.9. The maximum absolute atomic E-state index is 13.6. The number of benzene rings is 1. The lowest BCUT2D eigenvalue weighted by molar-refractivity contribution is -0.132. The van der Waals surface area contributed by atoms with Crippen molar-refractivity contribution < 1.29 is 13.9 Å². The Morgan fingerprint density at radius 1 is 1.40 bits per heavy atom. The molecule has 2 aromatic rings. The Kier molecular flexibility index (Phi) is 6.00. The maximum Gasteiger partial charge on any atom is 0.237 e. The van der Waals surface area contributed by atoms with Crippen LogP contribution >= 0.6 is 0 Å². The Morgan fingerprint density at radius 3 is 2.93 bits per heavy atom. The van der Waals surface area contributed by atoms with Crippen LogP contribution in [0.5, 0.6) is 5.88 Å². The number of halogens is 1. The van der Waals surface area contributed by atoms with E-state index in [9.17, 15) is 9.18 Å². The zero-order chi connectivity index (χ0) is 21.1. The highest BCUT2D eigenvalue weighted by Gasteiger charge is 2.36. The number of carbonyl (C=O) groups excluding carboxylic acids is 1. The van der Waals surface area contributed by atoms with Crippen molar-refractivity contribution in [1.82, 2.24) is 14.8 Å². The number of methoxy groups -OCH3 is 1. The van der Waals surface area contributed by atoms with Crippen molar-refractivity contribution in [3.05, 3.63) is 30.5 Å². The Hall–Kier alpha value is -2.92. The number of nitrogens with zero attached hydrogens (tertiary/aromatic N) is 4. The lowest BCUT2D eigenvalue weighted by atomic mass is 10.0. The monoisotopic (exact) mass is 411 g/mol. The molecule has 30 heavy (non-hydrogen) atoms. The molecule has 3 heterocycles. The molecule has 0 radical (unpaired) electrons. The molecule has 2 fully saturated rings. The van der Waals surface area contributed by atoms with Crippen LogP contribution < -0.4 is 10.1 Å². The molecule has 0 unspecified atom stereocenters. The van der Waals surface area contributed by atoms with Crippen LogP contribution in [0.3, 0.4) is 0 Å². The number of fused-ring (bicyclic) bond motifs is 1. The quantitative estimate of drug-likeness (QED) is 0.815. The van der Waals surface area contributed by atoms with Gasteiger partial charge in [0.15, 0.2) is 0 Å². The van der Waals surface area contributed by atoms with Crippen LogP contribution in [0, 0.1) is 11.3 Å². The second-order valence-corrected chi connectivity index (χ2v) is 7.97. The zero-order valence-corrected chi connectivity index (χ0v) is 17.1. The van der Waals surface area contributed by atoms with Crippen molar-refractivity contribution in [2.24, 2.45) is 0 Å². The van der Waals surface area contributed by atoms with Crippen LogP contribution in [0.4, 0.5) is 10.1 Å². The average molecular weight is 411 g/mol. The molecule has 0 aliphatic carbocycles. The highest BCUT2D eigenvalue weighted by atomic mass is 19.1. The van der Waals surface area contributed by atoms with Gasteiger partial charge in [-0.25, -0.2) is 9.37 Å². The molecule has 2 aliphatic heterocycles. The Bertz CT molecular complexity index is 954. The van der Waals surface area contributed by atoms with Crippen molar-refractivity contribution in [3.63, 3.8) is 0 Å². The number of aromatic nitrogens is 1. The summed E-state index contributed by atoms with van der Waals surface area (Å²) in [6.45, 7) is 1.84. The number of anilines is 1. The van der Waals surface area contributed by atoms with Gasteiger partial charge in [-0.3, -0.25) is 9.69 Å². The van der Waals surface area contributed by atoms with E-state index in [2.05, 4.69) is 21.3 Å². The first-order valence-corrected chi connectivity index (χ1v) is 10.3. The molecule has 8 heteroatoms. The third kappa shape index (κ3) is 4.31. The average Bonchev–Trinajstić information content (AvgIpc) is 3.16. The molecule has 7 nitrogen and oxygen atoms in total. The minimum absolute atomic E-state index is 0.0362. The molecule has 0 spiro atoms. The van der Waals surface area contributed by atoms with Crippen molar-refractivity contribution in [2.75, 3.05) is 38.6 Å². The normalized spacial score (nSPS) is 22.8. The lowest BCUT2D eigenvalue weighted by Gasteiger charge is -2.33. The number of pyridine rings is 1. The van der Waals surface area contributed by atoms with E-state index >= 15 is 0 Å². The SMILES string of the molecule is COc1cc2c(NC3CCN(CC(=O)N4C[C@@H](F)C[C@H]4C#N)CC3)cccc2cn1. The van der Waals surface area contributed by atoms with Gasteiger partial charge in [0.2, 0.25) is 11.8 Å². The number of amides is 1. The van der Waals surface area contributed by atoms with Gasteiger partial charge in [0.1, 0.15) is 12.2 Å². The predicted octanol–water partition coefficient (Wildman–Crippen LogP) is 2.58. The summed E-state index contributed by atoms with van der Waals surface area (Å²) < 4.78 is 18.8. The van der Waals surface area contributed by atoms with Crippen molar-refractivity contribution in [1.29, 1.82) is 5.26 Å². The molecular weight excluding hydrogens is 385 g/mol. The predicted molar refractivity (Wildman–Crippen MR) is 112 cm³/mol. The first-order valence-electron chi connectivity index (χ1n) is 10.3. The Morgan fingerprint density at radius 2 is 2.20 bits per heavy atom. The number of alkyl halides is 1. The molecular formula is C22H26FN5O2. The van der Waals surface area contributed by atoms with Crippen LogP contribution in [-0.4, -0.2) is 72.2 Å². The number of hydrogen-bond acceptors (Lipinski definition) is 6. The molecule has 1 N–H and O–H groups in total. The fourth-order valence-electron chi connectivity index (χ4n) is 4.31. The smallest absolute Gasteiger partial charge is 0.237 e. The second-order valence-electron chi connectivity index (χ2n) is 7.97. The first-order chi connectivity index (χ1) is 14.6. The molecule has 0 saturated carbocycles. The van der Waals surface area contributed by atoms with Gasteiger partial charge in [-0.15, -0.1) is 0 Å². The highest BCUT2D eigenvalue weighted by Crippen LogP contribution is 2.28. The van der Waals surface area contributed by atoms with Crippen molar-refractivity contribution >= 4 is 22.4 Å². The molecule has 1 aromatic carbocycles. The van der Waals surface area contributed by atoms with Gasteiger partial charge in [0.25, 0.3) is 0 Å². The number of likely N-dealkylation sites (tertiary alicyclic amines) is 2. The third-order valence-electron chi connectivity index (χ3n) is 5.97. The molecule has 1 aromatic heterocycles. The van der Waals surface area contributed by atoms with Crippen LogP contribution in [0.1, 0.15) is 19.3 Å². The van der Waals surface area contributed by atoms with Crippen molar-refractivity contribution in [3.8, 4) is 11.9 Å². The largest absolute Gasteiger partial charge is 0.481 e. The summed E-state index contributed by atoms with van der Waals surface area (Å²) in [7, 11) is 1.61. The molecule has 1 amide bonds. The topological polar surface area (TPSA) is 81.5 Å². The van der Waals surface area contributed by atoms with Gasteiger partial charge >= 0.3 is 0 Å². The minimum Gasteiger partial charge on any atom is -0.481 e. The molecule has 2 aliphatic rings. The maximum atomic E-state index is 13.6. The van der Waals surface area contributed by atoms with E-state index in [4.69, 9.17) is 10.00 Å². The summed E-state index contributed by atoms with van der Waals surface area (Å²) >= 11 is 0. The van der Waals surface area contributed by atoms with E-state index in [-0.39, 0.29) is 25.4 Å². The van der Waals surface area contributed by atoms with Crippen LogP contribution in [-0.2, 0) is 4.79 Å². The fraction of sp³-hybridized carbons (Fsp3) is 0.500. The molecule has 4 rings (SSSR count). The Balaban J connectivity index is 1.34. The summed E-state index contributed by atoms with van der Waals surface area (Å²) in [6, 6.07) is 9.73. The number of nitrogens with one attached hydrogen (secondary N) is 1.